The van der Waals surface area contributed by atoms with E-state index in [-0.39, 0.29) is 17.9 Å². The van der Waals surface area contributed by atoms with Gasteiger partial charge < -0.3 is 15.2 Å². The Morgan fingerprint density at radius 1 is 1.35 bits per heavy atom. The number of hydrogen-bond donors (Lipinski definition) is 2. The second kappa shape index (κ2) is 7.45. The van der Waals surface area contributed by atoms with Gasteiger partial charge in [-0.15, -0.1) is 0 Å². The molecule has 128 valence electrons. The number of amides is 1. The van der Waals surface area contributed by atoms with Crippen molar-refractivity contribution in [1.82, 2.24) is 5.32 Å². The first-order chi connectivity index (χ1) is 10.8. The molecule has 1 aliphatic heterocycles. The van der Waals surface area contributed by atoms with Crippen LogP contribution in [-0.2, 0) is 21.7 Å². The Morgan fingerprint density at radius 2 is 2.00 bits per heavy atom. The maximum absolute atomic E-state index is 12.5. The molecule has 1 saturated heterocycles. The SMILES string of the molecule is CC(C)[C@@H]1OCCC[C@H]1C(=O)NCc1ccc(C(C)(C)O)cc1. The first kappa shape index (κ1) is 18.0. The molecule has 4 heteroatoms. The van der Waals surface area contributed by atoms with Gasteiger partial charge in [0.15, 0.2) is 0 Å². The minimum atomic E-state index is -0.842. The van der Waals surface area contributed by atoms with Gasteiger partial charge in [-0.05, 0) is 43.7 Å². The predicted molar refractivity (Wildman–Crippen MR) is 90.8 cm³/mol. The molecular formula is C19H29NO3. The minimum Gasteiger partial charge on any atom is -0.386 e. The highest BCUT2D eigenvalue weighted by Crippen LogP contribution is 2.26. The van der Waals surface area contributed by atoms with E-state index in [1.54, 1.807) is 13.8 Å². The summed E-state index contributed by atoms with van der Waals surface area (Å²) in [4.78, 5) is 12.5. The second-order valence-electron chi connectivity index (χ2n) is 7.30. The third-order valence-electron chi connectivity index (χ3n) is 4.49. The highest BCUT2D eigenvalue weighted by atomic mass is 16.5. The predicted octanol–water partition coefficient (Wildman–Crippen LogP) is 2.98. The van der Waals surface area contributed by atoms with Crippen molar-refractivity contribution in [1.29, 1.82) is 0 Å². The number of rotatable bonds is 5. The first-order valence-corrected chi connectivity index (χ1v) is 8.50. The highest BCUT2D eigenvalue weighted by molar-refractivity contribution is 5.79. The average molecular weight is 319 g/mol. The fourth-order valence-electron chi connectivity index (χ4n) is 3.09. The molecule has 0 aliphatic carbocycles. The van der Waals surface area contributed by atoms with Gasteiger partial charge in [0.2, 0.25) is 5.91 Å². The Bertz CT molecular complexity index is 516. The molecule has 1 amide bonds. The van der Waals surface area contributed by atoms with Crippen LogP contribution >= 0.6 is 0 Å². The third kappa shape index (κ3) is 4.79. The lowest BCUT2D eigenvalue weighted by atomic mass is 9.87. The molecule has 0 unspecified atom stereocenters. The van der Waals surface area contributed by atoms with Gasteiger partial charge in [-0.3, -0.25) is 4.79 Å². The lowest BCUT2D eigenvalue weighted by Crippen LogP contribution is -2.43. The van der Waals surface area contributed by atoms with E-state index < -0.39 is 5.60 Å². The molecule has 1 aromatic rings. The summed E-state index contributed by atoms with van der Waals surface area (Å²) in [6, 6.07) is 7.71. The van der Waals surface area contributed by atoms with Crippen LogP contribution < -0.4 is 5.32 Å². The van der Waals surface area contributed by atoms with Crippen LogP contribution in [0, 0.1) is 11.8 Å². The fraction of sp³-hybridized carbons (Fsp3) is 0.632. The molecule has 0 saturated carbocycles. The zero-order valence-electron chi connectivity index (χ0n) is 14.6. The van der Waals surface area contributed by atoms with Crippen LogP contribution in [0.4, 0.5) is 0 Å². The van der Waals surface area contributed by atoms with E-state index in [1.165, 1.54) is 0 Å². The van der Waals surface area contributed by atoms with Crippen molar-refractivity contribution < 1.29 is 14.6 Å². The minimum absolute atomic E-state index is 0.0151. The van der Waals surface area contributed by atoms with Gasteiger partial charge in [0, 0.05) is 13.2 Å². The summed E-state index contributed by atoms with van der Waals surface area (Å²) in [7, 11) is 0. The molecule has 1 aromatic carbocycles. The average Bonchev–Trinajstić information content (AvgIpc) is 2.52. The van der Waals surface area contributed by atoms with Crippen molar-refractivity contribution in [3.05, 3.63) is 35.4 Å². The maximum Gasteiger partial charge on any atom is 0.226 e. The van der Waals surface area contributed by atoms with E-state index in [1.807, 2.05) is 24.3 Å². The highest BCUT2D eigenvalue weighted by Gasteiger charge is 2.33. The molecule has 1 fully saturated rings. The topological polar surface area (TPSA) is 58.6 Å². The smallest absolute Gasteiger partial charge is 0.226 e. The zero-order chi connectivity index (χ0) is 17.0. The van der Waals surface area contributed by atoms with Crippen LogP contribution in [-0.4, -0.2) is 23.7 Å². The Hall–Kier alpha value is -1.39. The number of ether oxygens (including phenoxy) is 1. The van der Waals surface area contributed by atoms with Crippen LogP contribution in [0.5, 0.6) is 0 Å². The molecule has 1 heterocycles. The van der Waals surface area contributed by atoms with Crippen LogP contribution in [0.25, 0.3) is 0 Å². The van der Waals surface area contributed by atoms with E-state index >= 15 is 0 Å². The van der Waals surface area contributed by atoms with Crippen molar-refractivity contribution in [2.75, 3.05) is 6.61 Å². The van der Waals surface area contributed by atoms with E-state index in [2.05, 4.69) is 19.2 Å². The van der Waals surface area contributed by atoms with Crippen molar-refractivity contribution in [2.24, 2.45) is 11.8 Å². The summed E-state index contributed by atoms with van der Waals surface area (Å²) in [5, 5.41) is 13.0. The molecule has 2 rings (SSSR count). The molecular weight excluding hydrogens is 290 g/mol. The van der Waals surface area contributed by atoms with Gasteiger partial charge in [-0.1, -0.05) is 38.1 Å². The summed E-state index contributed by atoms with van der Waals surface area (Å²) < 4.78 is 5.79. The molecule has 2 atom stereocenters. The van der Waals surface area contributed by atoms with E-state index in [4.69, 9.17) is 4.74 Å². The quantitative estimate of drug-likeness (QED) is 0.877. The molecule has 1 aliphatic rings. The summed E-state index contributed by atoms with van der Waals surface area (Å²) in [5.74, 6) is 0.367. The summed E-state index contributed by atoms with van der Waals surface area (Å²) in [5.41, 5.74) is 1.06. The first-order valence-electron chi connectivity index (χ1n) is 8.50. The Morgan fingerprint density at radius 3 is 2.57 bits per heavy atom. The van der Waals surface area contributed by atoms with Crippen molar-refractivity contribution in [2.45, 2.75) is 58.8 Å². The van der Waals surface area contributed by atoms with Crippen LogP contribution in [0.15, 0.2) is 24.3 Å². The molecule has 2 N–H and O–H groups in total. The lowest BCUT2D eigenvalue weighted by molar-refractivity contribution is -0.137. The molecule has 0 bridgehead atoms. The molecule has 4 nitrogen and oxygen atoms in total. The van der Waals surface area contributed by atoms with Crippen molar-refractivity contribution in [3.63, 3.8) is 0 Å². The number of carbonyl (C=O) groups is 1. The monoisotopic (exact) mass is 319 g/mol. The largest absolute Gasteiger partial charge is 0.386 e. The maximum atomic E-state index is 12.5. The van der Waals surface area contributed by atoms with Crippen molar-refractivity contribution >= 4 is 5.91 Å². The number of aliphatic hydroxyl groups is 1. The second-order valence-corrected chi connectivity index (χ2v) is 7.30. The lowest BCUT2D eigenvalue weighted by Gasteiger charge is -2.33. The number of nitrogens with one attached hydrogen (secondary N) is 1. The van der Waals surface area contributed by atoms with Crippen molar-refractivity contribution in [3.8, 4) is 0 Å². The summed E-state index contributed by atoms with van der Waals surface area (Å²) in [6.45, 7) is 8.99. The zero-order valence-corrected chi connectivity index (χ0v) is 14.6. The molecule has 0 spiro atoms. The van der Waals surface area contributed by atoms with Gasteiger partial charge in [0.1, 0.15) is 0 Å². The van der Waals surface area contributed by atoms with Crippen LogP contribution in [0.3, 0.4) is 0 Å². The number of benzene rings is 1. The molecule has 23 heavy (non-hydrogen) atoms. The van der Waals surface area contributed by atoms with Gasteiger partial charge >= 0.3 is 0 Å². The Labute approximate surface area is 139 Å². The Balaban J connectivity index is 1.93. The van der Waals surface area contributed by atoms with E-state index in [9.17, 15) is 9.90 Å². The van der Waals surface area contributed by atoms with Gasteiger partial charge in [-0.25, -0.2) is 0 Å². The molecule has 0 aromatic heterocycles. The Kier molecular flexibility index (Phi) is 5.82. The number of hydrogen-bond acceptors (Lipinski definition) is 3. The van der Waals surface area contributed by atoms with E-state index in [0.29, 0.717) is 12.5 Å². The standard InChI is InChI=1S/C19H29NO3/c1-13(2)17-16(6-5-11-23-17)18(21)20-12-14-7-9-15(10-8-14)19(3,4)22/h7-10,13,16-17,22H,5-6,11-12H2,1-4H3,(H,20,21)/t16-,17+/m1/s1. The van der Waals surface area contributed by atoms with Gasteiger partial charge in [0.25, 0.3) is 0 Å². The summed E-state index contributed by atoms with van der Waals surface area (Å²) >= 11 is 0. The van der Waals surface area contributed by atoms with Crippen LogP contribution in [0.2, 0.25) is 0 Å². The fourth-order valence-corrected chi connectivity index (χ4v) is 3.09. The summed E-state index contributed by atoms with van der Waals surface area (Å²) in [6.07, 6.45) is 1.86. The number of carbonyl (C=O) groups excluding carboxylic acids is 1. The van der Waals surface area contributed by atoms with Gasteiger partial charge in [-0.2, -0.15) is 0 Å². The normalized spacial score (nSPS) is 22.2. The van der Waals surface area contributed by atoms with Gasteiger partial charge in [0.05, 0.1) is 17.6 Å². The molecule has 0 radical (unpaired) electrons. The third-order valence-corrected chi connectivity index (χ3v) is 4.49. The van der Waals surface area contributed by atoms with E-state index in [0.717, 1.165) is 30.6 Å². The van der Waals surface area contributed by atoms with Crippen LogP contribution in [0.1, 0.15) is 51.7 Å².